The SMILES string of the molecule is CC(C)=C=C(C)C(C)=C=C(C)C. The van der Waals surface area contributed by atoms with Crippen LogP contribution in [0.2, 0.25) is 0 Å². The highest BCUT2D eigenvalue weighted by molar-refractivity contribution is 5.27. The quantitative estimate of drug-likeness (QED) is 0.403. The summed E-state index contributed by atoms with van der Waals surface area (Å²) in [6.07, 6.45) is 0. The first kappa shape index (κ1) is 11.0. The third-order valence-electron chi connectivity index (χ3n) is 1.44. The maximum Gasteiger partial charge on any atom is 0.00142 e. The summed E-state index contributed by atoms with van der Waals surface area (Å²) >= 11 is 0. The van der Waals surface area contributed by atoms with Crippen LogP contribution in [0.4, 0.5) is 0 Å². The third-order valence-corrected chi connectivity index (χ3v) is 1.44. The molecule has 0 N–H and O–H groups in total. The minimum absolute atomic E-state index is 1.18. The summed E-state index contributed by atoms with van der Waals surface area (Å²) in [6.45, 7) is 12.4. The van der Waals surface area contributed by atoms with E-state index < -0.39 is 0 Å². The van der Waals surface area contributed by atoms with Gasteiger partial charge < -0.3 is 0 Å². The van der Waals surface area contributed by atoms with Gasteiger partial charge in [-0.25, -0.2) is 0 Å². The van der Waals surface area contributed by atoms with Crippen molar-refractivity contribution < 1.29 is 0 Å². The lowest BCUT2D eigenvalue weighted by Crippen LogP contribution is -1.75. The predicted octanol–water partition coefficient (Wildman–Crippen LogP) is 4.01. The summed E-state index contributed by atoms with van der Waals surface area (Å²) in [5, 5.41) is 0. The molecular formula is C12H18. The Labute approximate surface area is 76.0 Å². The van der Waals surface area contributed by atoms with E-state index in [4.69, 9.17) is 0 Å². The van der Waals surface area contributed by atoms with Crippen molar-refractivity contribution in [3.63, 3.8) is 0 Å². The van der Waals surface area contributed by atoms with Crippen LogP contribution in [0.3, 0.4) is 0 Å². The Bertz CT molecular complexity index is 248. The fraction of sp³-hybridized carbons (Fsp3) is 0.500. The molecule has 0 aliphatic heterocycles. The summed E-state index contributed by atoms with van der Waals surface area (Å²) in [4.78, 5) is 0. The average molecular weight is 162 g/mol. The standard InChI is InChI=1S/C12H18/c1-9(2)7-11(5)12(6)8-10(3)4/h1-6H3. The molecule has 66 valence electrons. The van der Waals surface area contributed by atoms with Gasteiger partial charge in [0.25, 0.3) is 0 Å². The molecule has 0 radical (unpaired) electrons. The van der Waals surface area contributed by atoms with Crippen molar-refractivity contribution in [1.29, 1.82) is 0 Å². The third kappa shape index (κ3) is 4.79. The molecule has 0 saturated heterocycles. The van der Waals surface area contributed by atoms with Gasteiger partial charge in [-0.3, -0.25) is 0 Å². The van der Waals surface area contributed by atoms with Crippen molar-refractivity contribution >= 4 is 0 Å². The molecule has 0 bridgehead atoms. The summed E-state index contributed by atoms with van der Waals surface area (Å²) in [5.74, 6) is 0. The molecule has 0 rings (SSSR count). The van der Waals surface area contributed by atoms with Crippen LogP contribution in [0.5, 0.6) is 0 Å². The van der Waals surface area contributed by atoms with Gasteiger partial charge in [0.05, 0.1) is 0 Å². The van der Waals surface area contributed by atoms with E-state index in [0.29, 0.717) is 0 Å². The maximum absolute atomic E-state index is 3.27. The zero-order chi connectivity index (χ0) is 9.72. The average Bonchev–Trinajstić information content (AvgIpc) is 1.84. The number of hydrogen-bond donors (Lipinski definition) is 0. The lowest BCUT2D eigenvalue weighted by molar-refractivity contribution is 1.30. The van der Waals surface area contributed by atoms with Gasteiger partial charge >= 0.3 is 0 Å². The topological polar surface area (TPSA) is 0 Å². The second-order valence-electron chi connectivity index (χ2n) is 3.50. The lowest BCUT2D eigenvalue weighted by atomic mass is 10.1. The Balaban J connectivity index is 5.14. The van der Waals surface area contributed by atoms with Crippen LogP contribution in [0.25, 0.3) is 0 Å². The molecule has 0 heteroatoms. The number of allylic oxidation sites excluding steroid dienone is 2. The van der Waals surface area contributed by atoms with Crippen LogP contribution in [-0.4, -0.2) is 0 Å². The molecule has 0 heterocycles. The van der Waals surface area contributed by atoms with E-state index in [-0.39, 0.29) is 0 Å². The fourth-order valence-corrected chi connectivity index (χ4v) is 0.938. The summed E-state index contributed by atoms with van der Waals surface area (Å²) in [5.41, 5.74) is 11.3. The van der Waals surface area contributed by atoms with Crippen molar-refractivity contribution in [1.82, 2.24) is 0 Å². The summed E-state index contributed by atoms with van der Waals surface area (Å²) in [7, 11) is 0. The smallest absolute Gasteiger partial charge is 0.00142 e. The molecule has 0 aliphatic carbocycles. The van der Waals surface area contributed by atoms with E-state index in [1.54, 1.807) is 0 Å². The van der Waals surface area contributed by atoms with Crippen LogP contribution in [-0.2, 0) is 0 Å². The zero-order valence-electron chi connectivity index (χ0n) is 9.00. The molecule has 0 atom stereocenters. The van der Waals surface area contributed by atoms with E-state index in [1.165, 1.54) is 22.3 Å². The first-order valence-electron chi connectivity index (χ1n) is 4.25. The molecule has 0 nitrogen and oxygen atoms in total. The molecular weight excluding hydrogens is 144 g/mol. The van der Waals surface area contributed by atoms with Crippen LogP contribution in [0.15, 0.2) is 33.8 Å². The highest BCUT2D eigenvalue weighted by atomic mass is 13.9. The van der Waals surface area contributed by atoms with Crippen molar-refractivity contribution in [2.24, 2.45) is 0 Å². The predicted molar refractivity (Wildman–Crippen MR) is 55.1 cm³/mol. The van der Waals surface area contributed by atoms with Crippen molar-refractivity contribution in [2.75, 3.05) is 0 Å². The maximum atomic E-state index is 3.27. The van der Waals surface area contributed by atoms with E-state index in [9.17, 15) is 0 Å². The number of rotatable bonds is 1. The van der Waals surface area contributed by atoms with E-state index in [0.717, 1.165) is 0 Å². The molecule has 0 unspecified atom stereocenters. The Morgan fingerprint density at radius 1 is 0.583 bits per heavy atom. The van der Waals surface area contributed by atoms with Gasteiger partial charge in [-0.2, -0.15) is 0 Å². The monoisotopic (exact) mass is 162 g/mol. The second-order valence-corrected chi connectivity index (χ2v) is 3.50. The molecule has 0 aromatic heterocycles. The molecule has 0 aliphatic rings. The van der Waals surface area contributed by atoms with Gasteiger partial charge in [0, 0.05) is 11.1 Å². The minimum atomic E-state index is 1.18. The molecule has 0 spiro atoms. The normalized spacial score (nSPS) is 8.17. The van der Waals surface area contributed by atoms with Crippen molar-refractivity contribution in [3.05, 3.63) is 33.8 Å². The molecule has 12 heavy (non-hydrogen) atoms. The summed E-state index contributed by atoms with van der Waals surface area (Å²) in [6, 6.07) is 0. The highest BCUT2D eigenvalue weighted by Gasteiger charge is 1.88. The Morgan fingerprint density at radius 3 is 1.00 bits per heavy atom. The molecule has 0 fully saturated rings. The fourth-order valence-electron chi connectivity index (χ4n) is 0.938. The molecule has 0 aromatic rings. The van der Waals surface area contributed by atoms with Crippen LogP contribution in [0.1, 0.15) is 41.5 Å². The largest absolute Gasteiger partial charge is 0.118 e. The number of hydrogen-bond acceptors (Lipinski definition) is 0. The van der Waals surface area contributed by atoms with Crippen LogP contribution < -0.4 is 0 Å². The Morgan fingerprint density at radius 2 is 0.833 bits per heavy atom. The second kappa shape index (κ2) is 4.83. The summed E-state index contributed by atoms with van der Waals surface area (Å²) < 4.78 is 0. The van der Waals surface area contributed by atoms with Crippen LogP contribution >= 0.6 is 0 Å². The van der Waals surface area contributed by atoms with Crippen molar-refractivity contribution in [3.8, 4) is 0 Å². The molecule has 0 aromatic carbocycles. The first-order valence-corrected chi connectivity index (χ1v) is 4.25. The molecule has 0 amide bonds. The van der Waals surface area contributed by atoms with Gasteiger partial charge in [0.2, 0.25) is 0 Å². The molecule has 0 saturated carbocycles. The van der Waals surface area contributed by atoms with Gasteiger partial charge in [0.15, 0.2) is 0 Å². The van der Waals surface area contributed by atoms with Crippen molar-refractivity contribution in [2.45, 2.75) is 41.5 Å². The van der Waals surface area contributed by atoms with E-state index >= 15 is 0 Å². The van der Waals surface area contributed by atoms with Crippen LogP contribution in [0, 0.1) is 0 Å². The van der Waals surface area contributed by atoms with E-state index in [1.807, 2.05) is 0 Å². The van der Waals surface area contributed by atoms with Gasteiger partial charge in [-0.15, -0.1) is 11.5 Å². The first-order chi connectivity index (χ1) is 5.43. The Kier molecular flexibility index (Phi) is 4.44. The Hall–Kier alpha value is -0.960. The van der Waals surface area contributed by atoms with Gasteiger partial charge in [-0.05, 0) is 52.7 Å². The van der Waals surface area contributed by atoms with Gasteiger partial charge in [0.1, 0.15) is 0 Å². The van der Waals surface area contributed by atoms with E-state index in [2.05, 4.69) is 53.0 Å². The van der Waals surface area contributed by atoms with Gasteiger partial charge in [-0.1, -0.05) is 0 Å². The minimum Gasteiger partial charge on any atom is -0.118 e. The zero-order valence-corrected chi connectivity index (χ0v) is 9.00. The lowest BCUT2D eigenvalue weighted by Gasteiger charge is -1.93. The highest BCUT2D eigenvalue weighted by Crippen LogP contribution is 2.06.